The predicted octanol–water partition coefficient (Wildman–Crippen LogP) is 2.76. The summed E-state index contributed by atoms with van der Waals surface area (Å²) in [4.78, 5) is 33.8. The molecule has 0 unspecified atom stereocenters. The van der Waals surface area contributed by atoms with Crippen molar-refractivity contribution in [2.45, 2.75) is 6.61 Å². The minimum absolute atomic E-state index is 0.00635. The molecule has 1 aliphatic rings. The number of hydrogen-bond acceptors (Lipinski definition) is 7. The van der Waals surface area contributed by atoms with Gasteiger partial charge in [-0.3, -0.25) is 14.9 Å². The van der Waals surface area contributed by atoms with Crippen LogP contribution in [-0.4, -0.2) is 33.7 Å². The Morgan fingerprint density at radius 1 is 1.22 bits per heavy atom. The maximum atomic E-state index is 12.3. The number of hydrogen-bond donors (Lipinski definition) is 2. The first-order chi connectivity index (χ1) is 12.9. The number of nitro benzene ring substituents is 1. The van der Waals surface area contributed by atoms with Gasteiger partial charge in [0, 0.05) is 23.3 Å². The van der Waals surface area contributed by atoms with Gasteiger partial charge in [-0.2, -0.15) is 0 Å². The average Bonchev–Trinajstić information content (AvgIpc) is 2.65. The standard InChI is InChI=1S/C18H13NO8/c20-15(14-7-13(19(24)25)2-4-16(14)21)3-1-10-5-11(18(22)23)6-12-8-26-9-27-17(10)12/h1-7,21H,8-9H2,(H,22,23)/b3-1+. The third kappa shape index (κ3) is 3.77. The number of carbonyl (C=O) groups is 2. The van der Waals surface area contributed by atoms with Crippen molar-refractivity contribution in [3.63, 3.8) is 0 Å². The first kappa shape index (κ1) is 18.1. The molecule has 27 heavy (non-hydrogen) atoms. The molecule has 0 amide bonds. The van der Waals surface area contributed by atoms with Crippen molar-refractivity contribution in [1.82, 2.24) is 0 Å². The number of phenolic OH excluding ortho intramolecular Hbond substituents is 1. The van der Waals surface area contributed by atoms with E-state index in [-0.39, 0.29) is 30.2 Å². The Kier molecular flexibility index (Phi) is 4.86. The van der Waals surface area contributed by atoms with Crippen molar-refractivity contribution < 1.29 is 34.2 Å². The average molecular weight is 371 g/mol. The number of non-ortho nitro benzene ring substituents is 1. The van der Waals surface area contributed by atoms with E-state index in [9.17, 15) is 29.9 Å². The van der Waals surface area contributed by atoms with Crippen LogP contribution in [0.2, 0.25) is 0 Å². The number of phenols is 1. The highest BCUT2D eigenvalue weighted by Crippen LogP contribution is 2.31. The first-order valence-corrected chi connectivity index (χ1v) is 7.67. The summed E-state index contributed by atoms with van der Waals surface area (Å²) in [6.45, 7) is 0.150. The molecule has 0 radical (unpaired) electrons. The van der Waals surface area contributed by atoms with Crippen molar-refractivity contribution in [1.29, 1.82) is 0 Å². The number of nitrogens with zero attached hydrogens (tertiary/aromatic N) is 1. The second kappa shape index (κ2) is 7.26. The van der Waals surface area contributed by atoms with Crippen LogP contribution in [0.5, 0.6) is 11.5 Å². The van der Waals surface area contributed by atoms with E-state index in [2.05, 4.69) is 0 Å². The Hall–Kier alpha value is -3.72. The smallest absolute Gasteiger partial charge is 0.335 e. The third-order valence-electron chi connectivity index (χ3n) is 3.86. The zero-order chi connectivity index (χ0) is 19.6. The van der Waals surface area contributed by atoms with Crippen LogP contribution in [0.3, 0.4) is 0 Å². The zero-order valence-electron chi connectivity index (χ0n) is 13.7. The second-order valence-corrected chi connectivity index (χ2v) is 5.63. The summed E-state index contributed by atoms with van der Waals surface area (Å²) in [6, 6.07) is 5.87. The molecule has 138 valence electrons. The van der Waals surface area contributed by atoms with Gasteiger partial charge in [0.15, 0.2) is 12.6 Å². The minimum Gasteiger partial charge on any atom is -0.507 e. The number of fused-ring (bicyclic) bond motifs is 1. The van der Waals surface area contributed by atoms with E-state index in [4.69, 9.17) is 9.47 Å². The van der Waals surface area contributed by atoms with Crippen molar-refractivity contribution >= 4 is 23.5 Å². The van der Waals surface area contributed by atoms with E-state index < -0.39 is 22.4 Å². The highest BCUT2D eigenvalue weighted by Gasteiger charge is 2.19. The molecule has 0 spiro atoms. The van der Waals surface area contributed by atoms with Gasteiger partial charge in [0.25, 0.3) is 5.69 Å². The van der Waals surface area contributed by atoms with Crippen LogP contribution in [0.4, 0.5) is 5.69 Å². The molecule has 0 saturated heterocycles. The number of carboxylic acid groups (broad SMARTS) is 1. The highest BCUT2D eigenvalue weighted by molar-refractivity contribution is 6.09. The SMILES string of the molecule is O=C(O)c1cc(/C=C/C(=O)c2cc([N+](=O)[O-])ccc2O)c2c(c1)COCO2. The summed E-state index contributed by atoms with van der Waals surface area (Å²) in [7, 11) is 0. The Balaban J connectivity index is 1.97. The molecular weight excluding hydrogens is 358 g/mol. The Morgan fingerprint density at radius 2 is 2.00 bits per heavy atom. The number of benzene rings is 2. The lowest BCUT2D eigenvalue weighted by atomic mass is 10.0. The molecule has 0 aliphatic carbocycles. The van der Waals surface area contributed by atoms with Gasteiger partial charge in [-0.05, 0) is 30.4 Å². The number of ketones is 1. The van der Waals surface area contributed by atoms with Crippen LogP contribution in [0.25, 0.3) is 6.08 Å². The lowest BCUT2D eigenvalue weighted by molar-refractivity contribution is -0.384. The number of aromatic hydroxyl groups is 1. The number of carboxylic acids is 1. The molecule has 0 saturated carbocycles. The van der Waals surface area contributed by atoms with Gasteiger partial charge in [0.05, 0.1) is 22.7 Å². The molecule has 0 aromatic heterocycles. The summed E-state index contributed by atoms with van der Waals surface area (Å²) in [5, 5.41) is 29.9. The van der Waals surface area contributed by atoms with Crippen molar-refractivity contribution in [3.8, 4) is 11.5 Å². The normalized spacial score (nSPS) is 13.0. The van der Waals surface area contributed by atoms with Crippen LogP contribution in [0.15, 0.2) is 36.4 Å². The number of nitro groups is 1. The molecule has 2 aromatic carbocycles. The number of carbonyl (C=O) groups excluding carboxylic acids is 1. The first-order valence-electron chi connectivity index (χ1n) is 7.67. The van der Waals surface area contributed by atoms with Crippen molar-refractivity contribution in [3.05, 3.63) is 68.8 Å². The summed E-state index contributed by atoms with van der Waals surface area (Å²) >= 11 is 0. The summed E-state index contributed by atoms with van der Waals surface area (Å²) in [5.74, 6) is -1.85. The molecule has 1 heterocycles. The predicted molar refractivity (Wildman–Crippen MR) is 91.8 cm³/mol. The number of ether oxygens (including phenoxy) is 2. The molecule has 9 nitrogen and oxygen atoms in total. The fourth-order valence-corrected chi connectivity index (χ4v) is 2.59. The number of rotatable bonds is 5. The molecule has 0 bridgehead atoms. The zero-order valence-corrected chi connectivity index (χ0v) is 13.7. The van der Waals surface area contributed by atoms with Crippen molar-refractivity contribution in [2.75, 3.05) is 6.79 Å². The van der Waals surface area contributed by atoms with E-state index in [0.717, 1.165) is 24.3 Å². The van der Waals surface area contributed by atoms with Gasteiger partial charge in [-0.1, -0.05) is 0 Å². The van der Waals surface area contributed by atoms with Crippen LogP contribution >= 0.6 is 0 Å². The summed E-state index contributed by atoms with van der Waals surface area (Å²) in [6.07, 6.45) is 2.41. The number of aromatic carboxylic acids is 1. The topological polar surface area (TPSA) is 136 Å². The van der Waals surface area contributed by atoms with Gasteiger partial charge in [0.1, 0.15) is 11.5 Å². The monoisotopic (exact) mass is 371 g/mol. The van der Waals surface area contributed by atoms with Gasteiger partial charge in [0.2, 0.25) is 0 Å². The largest absolute Gasteiger partial charge is 0.507 e. The fourth-order valence-electron chi connectivity index (χ4n) is 2.59. The van der Waals surface area contributed by atoms with Gasteiger partial charge in [-0.15, -0.1) is 0 Å². The minimum atomic E-state index is -1.15. The molecule has 0 atom stereocenters. The Labute approximate surface area is 152 Å². The second-order valence-electron chi connectivity index (χ2n) is 5.63. The maximum Gasteiger partial charge on any atom is 0.335 e. The van der Waals surface area contributed by atoms with Gasteiger partial charge in [-0.25, -0.2) is 4.79 Å². The lowest BCUT2D eigenvalue weighted by Gasteiger charge is -2.20. The summed E-state index contributed by atoms with van der Waals surface area (Å²) < 4.78 is 10.5. The van der Waals surface area contributed by atoms with E-state index in [1.165, 1.54) is 18.2 Å². The van der Waals surface area contributed by atoms with Crippen LogP contribution in [-0.2, 0) is 11.3 Å². The van der Waals surface area contributed by atoms with Crippen LogP contribution in [0, 0.1) is 10.1 Å². The molecular formula is C18H13NO8. The van der Waals surface area contributed by atoms with E-state index in [1.54, 1.807) is 0 Å². The van der Waals surface area contributed by atoms with Gasteiger partial charge >= 0.3 is 5.97 Å². The molecule has 2 N–H and O–H groups in total. The molecule has 0 fully saturated rings. The van der Waals surface area contributed by atoms with E-state index >= 15 is 0 Å². The quantitative estimate of drug-likeness (QED) is 0.354. The Morgan fingerprint density at radius 3 is 2.70 bits per heavy atom. The molecule has 1 aliphatic heterocycles. The van der Waals surface area contributed by atoms with Gasteiger partial charge < -0.3 is 19.7 Å². The maximum absolute atomic E-state index is 12.3. The Bertz CT molecular complexity index is 980. The summed E-state index contributed by atoms with van der Waals surface area (Å²) in [5.41, 5.74) is 0.273. The highest BCUT2D eigenvalue weighted by atomic mass is 16.7. The molecule has 3 rings (SSSR count). The van der Waals surface area contributed by atoms with Crippen molar-refractivity contribution in [2.24, 2.45) is 0 Å². The van der Waals surface area contributed by atoms with E-state index in [1.807, 2.05) is 0 Å². The van der Waals surface area contributed by atoms with Crippen LogP contribution < -0.4 is 4.74 Å². The fraction of sp³-hybridized carbons (Fsp3) is 0.111. The molecule has 9 heteroatoms. The van der Waals surface area contributed by atoms with E-state index in [0.29, 0.717) is 16.9 Å². The lowest BCUT2D eigenvalue weighted by Crippen LogP contribution is -2.13. The third-order valence-corrected chi connectivity index (χ3v) is 3.86. The van der Waals surface area contributed by atoms with Crippen LogP contribution in [0.1, 0.15) is 31.8 Å². The number of allylic oxidation sites excluding steroid dienone is 1. The molecule has 2 aromatic rings.